The summed E-state index contributed by atoms with van der Waals surface area (Å²) in [5.41, 5.74) is 1.36. The van der Waals surface area contributed by atoms with Gasteiger partial charge < -0.3 is 41.0 Å². The second-order valence-electron chi connectivity index (χ2n) is 8.54. The molecule has 216 valence electrons. The molecule has 0 aliphatic carbocycles. The largest absolute Gasteiger partial charge is 0.507 e. The molecule has 0 aliphatic rings. The third-order valence-electron chi connectivity index (χ3n) is 5.54. The van der Waals surface area contributed by atoms with E-state index >= 15 is 0 Å². The highest BCUT2D eigenvalue weighted by molar-refractivity contribution is 6.31. The van der Waals surface area contributed by atoms with Crippen molar-refractivity contribution in [3.8, 4) is 11.5 Å². The molecule has 3 aromatic carbocycles. The van der Waals surface area contributed by atoms with Gasteiger partial charge in [0, 0.05) is 24.2 Å². The van der Waals surface area contributed by atoms with Crippen molar-refractivity contribution in [3.05, 3.63) is 94.5 Å². The summed E-state index contributed by atoms with van der Waals surface area (Å²) < 4.78 is 10.5. The first-order valence-electron chi connectivity index (χ1n) is 12.4. The number of urea groups is 1. The number of benzene rings is 3. The number of nitrogens with one attached hydrogen (secondary N) is 4. The van der Waals surface area contributed by atoms with Crippen LogP contribution in [0.2, 0.25) is 5.02 Å². The number of carbonyl (C=O) groups excluding carboxylic acids is 3. The molecule has 3 rings (SSSR count). The fraction of sp³-hybridized carbons (Fsp3) is 0.214. The Hall–Kier alpha value is -4.97. The third kappa shape index (κ3) is 10.3. The molecule has 3 aromatic rings. The molecule has 0 spiro atoms. The maximum Gasteiger partial charge on any atom is 0.408 e. The summed E-state index contributed by atoms with van der Waals surface area (Å²) in [6, 6.07) is 18.0. The van der Waals surface area contributed by atoms with Crippen LogP contribution in [-0.4, -0.2) is 60.0 Å². The minimum Gasteiger partial charge on any atom is -0.507 e. The van der Waals surface area contributed by atoms with Crippen molar-refractivity contribution < 1.29 is 38.9 Å². The normalized spacial score (nSPS) is 11.0. The Morgan fingerprint density at radius 1 is 0.902 bits per heavy atom. The van der Waals surface area contributed by atoms with Crippen molar-refractivity contribution in [1.29, 1.82) is 0 Å². The van der Waals surface area contributed by atoms with E-state index < -0.39 is 42.3 Å². The number of phenolic OH excluding ortho intramolecular Hbond substituents is 1. The van der Waals surface area contributed by atoms with E-state index in [2.05, 4.69) is 21.3 Å². The van der Waals surface area contributed by atoms with Gasteiger partial charge in [0.15, 0.2) is 0 Å². The van der Waals surface area contributed by atoms with Gasteiger partial charge in [-0.2, -0.15) is 0 Å². The van der Waals surface area contributed by atoms with Crippen LogP contribution >= 0.6 is 11.6 Å². The first kappa shape index (κ1) is 30.6. The molecule has 0 fully saturated rings. The van der Waals surface area contributed by atoms with E-state index in [0.717, 1.165) is 11.1 Å². The lowest BCUT2D eigenvalue weighted by atomic mass is 10.1. The van der Waals surface area contributed by atoms with Gasteiger partial charge in [-0.15, -0.1) is 0 Å². The number of amides is 4. The Labute approximate surface area is 240 Å². The van der Waals surface area contributed by atoms with Gasteiger partial charge in [-0.05, 0) is 29.3 Å². The van der Waals surface area contributed by atoms with E-state index in [0.29, 0.717) is 5.02 Å². The molecule has 0 unspecified atom stereocenters. The zero-order chi connectivity index (χ0) is 29.6. The molecule has 6 N–H and O–H groups in total. The maximum absolute atomic E-state index is 12.5. The zero-order valence-electron chi connectivity index (χ0n) is 21.8. The Bertz CT molecular complexity index is 1360. The molecule has 12 nitrogen and oxygen atoms in total. The van der Waals surface area contributed by atoms with E-state index in [1.54, 1.807) is 48.5 Å². The minimum atomic E-state index is -1.47. The Morgan fingerprint density at radius 3 is 2.34 bits per heavy atom. The van der Waals surface area contributed by atoms with Crippen molar-refractivity contribution in [2.45, 2.75) is 19.2 Å². The summed E-state index contributed by atoms with van der Waals surface area (Å²) in [6.45, 7) is -0.0199. The predicted octanol–water partition coefficient (Wildman–Crippen LogP) is 3.03. The quantitative estimate of drug-likeness (QED) is 0.166. The average molecular weight is 585 g/mol. The van der Waals surface area contributed by atoms with Gasteiger partial charge in [0.1, 0.15) is 30.8 Å². The fourth-order valence-corrected chi connectivity index (χ4v) is 3.61. The van der Waals surface area contributed by atoms with Crippen LogP contribution in [0.1, 0.15) is 21.5 Å². The second kappa shape index (κ2) is 15.6. The van der Waals surface area contributed by atoms with Gasteiger partial charge in [0.2, 0.25) is 0 Å². The molecule has 0 bridgehead atoms. The standard InChI is InChI=1S/C28H29ClN4O8/c29-22-9-5-4-8-19(22)15-32-27(38)30-12-13-40-20-10-11-21(24(34)14-20)25(35)31-16-23(26(36)37)33-28(39)41-17-18-6-2-1-3-7-18/h1-11,14,23,34H,12-13,15-17H2,(H,31,35)(H,33,39)(H,36,37)(H2,30,32,38)/t23-/m0/s1. The molecule has 0 saturated carbocycles. The molecule has 0 saturated heterocycles. The number of aromatic hydroxyl groups is 1. The predicted molar refractivity (Wildman–Crippen MR) is 149 cm³/mol. The molecular formula is C28H29ClN4O8. The lowest BCUT2D eigenvalue weighted by Gasteiger charge is -2.16. The molecule has 13 heteroatoms. The van der Waals surface area contributed by atoms with Crippen molar-refractivity contribution >= 4 is 35.6 Å². The summed E-state index contributed by atoms with van der Waals surface area (Å²) in [5, 5.41) is 30.0. The number of phenols is 1. The summed E-state index contributed by atoms with van der Waals surface area (Å²) in [5.74, 6) is -2.33. The number of ether oxygens (including phenoxy) is 2. The molecule has 0 aromatic heterocycles. The number of halogens is 1. The van der Waals surface area contributed by atoms with E-state index in [-0.39, 0.29) is 37.6 Å². The highest BCUT2D eigenvalue weighted by atomic mass is 35.5. The van der Waals surface area contributed by atoms with Crippen LogP contribution in [0.3, 0.4) is 0 Å². The Kier molecular flexibility index (Phi) is 11.6. The van der Waals surface area contributed by atoms with Crippen LogP contribution in [0.25, 0.3) is 0 Å². The molecule has 41 heavy (non-hydrogen) atoms. The van der Waals surface area contributed by atoms with Crippen LogP contribution in [0.15, 0.2) is 72.8 Å². The number of carbonyl (C=O) groups is 4. The first-order valence-corrected chi connectivity index (χ1v) is 12.8. The average Bonchev–Trinajstić information content (AvgIpc) is 2.96. The summed E-state index contributed by atoms with van der Waals surface area (Å²) >= 11 is 6.06. The summed E-state index contributed by atoms with van der Waals surface area (Å²) in [7, 11) is 0. The topological polar surface area (TPSA) is 175 Å². The number of hydrogen-bond acceptors (Lipinski definition) is 7. The van der Waals surface area contributed by atoms with Crippen LogP contribution < -0.4 is 26.0 Å². The Balaban J connectivity index is 1.39. The fourth-order valence-electron chi connectivity index (χ4n) is 3.40. The van der Waals surface area contributed by atoms with Gasteiger partial charge in [0.05, 0.1) is 12.1 Å². The third-order valence-corrected chi connectivity index (χ3v) is 5.91. The van der Waals surface area contributed by atoms with Gasteiger partial charge in [-0.25, -0.2) is 14.4 Å². The SMILES string of the molecule is O=C(NCCOc1ccc(C(=O)NC[C@H](NC(=O)OCc2ccccc2)C(=O)O)c(O)c1)NCc1ccccc1Cl. The van der Waals surface area contributed by atoms with Crippen molar-refractivity contribution in [1.82, 2.24) is 21.3 Å². The molecule has 0 heterocycles. The van der Waals surface area contributed by atoms with E-state index in [1.807, 2.05) is 6.07 Å². The highest BCUT2D eigenvalue weighted by Crippen LogP contribution is 2.23. The number of hydrogen-bond donors (Lipinski definition) is 6. The van der Waals surface area contributed by atoms with E-state index in [9.17, 15) is 29.4 Å². The zero-order valence-corrected chi connectivity index (χ0v) is 22.5. The molecule has 4 amide bonds. The Morgan fingerprint density at radius 2 is 1.63 bits per heavy atom. The molecular weight excluding hydrogens is 556 g/mol. The van der Waals surface area contributed by atoms with Crippen LogP contribution in [0.4, 0.5) is 9.59 Å². The maximum atomic E-state index is 12.5. The number of alkyl carbamates (subject to hydrolysis) is 1. The lowest BCUT2D eigenvalue weighted by molar-refractivity contribution is -0.139. The molecule has 1 atom stereocenters. The van der Waals surface area contributed by atoms with Crippen LogP contribution in [0.5, 0.6) is 11.5 Å². The van der Waals surface area contributed by atoms with Crippen LogP contribution in [0, 0.1) is 0 Å². The number of rotatable bonds is 13. The van der Waals surface area contributed by atoms with Crippen molar-refractivity contribution in [2.75, 3.05) is 19.7 Å². The van der Waals surface area contributed by atoms with E-state index in [1.165, 1.54) is 18.2 Å². The van der Waals surface area contributed by atoms with Crippen molar-refractivity contribution in [2.24, 2.45) is 0 Å². The van der Waals surface area contributed by atoms with Gasteiger partial charge in [0.25, 0.3) is 5.91 Å². The van der Waals surface area contributed by atoms with Crippen molar-refractivity contribution in [3.63, 3.8) is 0 Å². The second-order valence-corrected chi connectivity index (χ2v) is 8.94. The van der Waals surface area contributed by atoms with Gasteiger partial charge in [-0.1, -0.05) is 60.1 Å². The van der Waals surface area contributed by atoms with E-state index in [4.69, 9.17) is 21.1 Å². The van der Waals surface area contributed by atoms with Gasteiger partial charge >= 0.3 is 18.1 Å². The first-order chi connectivity index (χ1) is 19.7. The number of carboxylic acid groups (broad SMARTS) is 1. The van der Waals surface area contributed by atoms with Gasteiger partial charge in [-0.3, -0.25) is 4.79 Å². The highest BCUT2D eigenvalue weighted by Gasteiger charge is 2.22. The number of carboxylic acids is 1. The monoisotopic (exact) mass is 584 g/mol. The van der Waals surface area contributed by atoms with Crippen LogP contribution in [-0.2, 0) is 22.7 Å². The molecule has 0 aliphatic heterocycles. The summed E-state index contributed by atoms with van der Waals surface area (Å²) in [4.78, 5) is 48.0. The minimum absolute atomic E-state index is 0.0551. The molecule has 0 radical (unpaired) electrons. The smallest absolute Gasteiger partial charge is 0.408 e. The summed E-state index contributed by atoms with van der Waals surface area (Å²) in [6.07, 6.45) is -0.965. The number of aliphatic carboxylic acids is 1. The lowest BCUT2D eigenvalue weighted by Crippen LogP contribution is -2.48.